The fourth-order valence-corrected chi connectivity index (χ4v) is 1.21. The minimum Gasteiger partial charge on any atom is -0.444 e. The van der Waals surface area contributed by atoms with Gasteiger partial charge in [-0.15, -0.1) is 0 Å². The lowest BCUT2D eigenvalue weighted by molar-refractivity contribution is 0.0277. The number of rotatable bonds is 5. The van der Waals surface area contributed by atoms with Crippen molar-refractivity contribution in [3.63, 3.8) is 0 Å². The van der Waals surface area contributed by atoms with Gasteiger partial charge in [-0.25, -0.2) is 4.79 Å². The van der Waals surface area contributed by atoms with Crippen LogP contribution in [0, 0.1) is 0 Å². The molecule has 0 aromatic heterocycles. The molecule has 0 aliphatic heterocycles. The lowest BCUT2D eigenvalue weighted by Gasteiger charge is -2.26. The molecule has 1 amide bonds. The van der Waals surface area contributed by atoms with Crippen molar-refractivity contribution in [3.05, 3.63) is 0 Å². The lowest BCUT2D eigenvalue weighted by atomic mass is 10.2. The fraction of sp³-hybridized carbons (Fsp3) is 0.909. The summed E-state index contributed by atoms with van der Waals surface area (Å²) in [4.78, 5) is 11.5. The number of ether oxygens (including phenoxy) is 2. The molecular weight excluding hydrogens is 208 g/mol. The van der Waals surface area contributed by atoms with Crippen LogP contribution < -0.4 is 11.1 Å². The Hall–Kier alpha value is -0.810. The minimum absolute atomic E-state index is 0.123. The highest BCUT2D eigenvalue weighted by Gasteiger charge is 2.22. The van der Waals surface area contributed by atoms with Gasteiger partial charge >= 0.3 is 6.09 Å². The van der Waals surface area contributed by atoms with Crippen LogP contribution in [0.15, 0.2) is 0 Å². The van der Waals surface area contributed by atoms with Crippen molar-refractivity contribution in [2.75, 3.05) is 13.2 Å². The van der Waals surface area contributed by atoms with E-state index in [1.165, 1.54) is 0 Å². The third kappa shape index (κ3) is 6.63. The summed E-state index contributed by atoms with van der Waals surface area (Å²) in [6, 6.07) is -0.227. The second-order valence-electron chi connectivity index (χ2n) is 4.65. The van der Waals surface area contributed by atoms with Crippen LogP contribution >= 0.6 is 0 Å². The molecule has 0 aromatic carbocycles. The van der Waals surface area contributed by atoms with Gasteiger partial charge in [-0.2, -0.15) is 0 Å². The monoisotopic (exact) mass is 232 g/mol. The maximum Gasteiger partial charge on any atom is 0.408 e. The molecule has 0 rings (SSSR count). The molecule has 0 aromatic rings. The van der Waals surface area contributed by atoms with E-state index in [0.29, 0.717) is 13.2 Å². The van der Waals surface area contributed by atoms with Crippen LogP contribution in [-0.2, 0) is 9.47 Å². The van der Waals surface area contributed by atoms with Gasteiger partial charge in [0.25, 0.3) is 0 Å². The first-order valence-electron chi connectivity index (χ1n) is 5.61. The Labute approximate surface area is 97.7 Å². The standard InChI is InChI=1S/C11H24N2O3/c1-6-15-8(2)9(7-12)13-10(14)16-11(3,4)5/h8-9H,6-7,12H2,1-5H3,(H,13,14). The normalized spacial score (nSPS) is 15.4. The Kier molecular flexibility index (Phi) is 6.36. The maximum atomic E-state index is 11.5. The zero-order chi connectivity index (χ0) is 12.8. The number of alkyl carbamates (subject to hydrolysis) is 1. The summed E-state index contributed by atoms with van der Waals surface area (Å²) in [7, 11) is 0. The summed E-state index contributed by atoms with van der Waals surface area (Å²) in [5.74, 6) is 0. The molecule has 0 aliphatic carbocycles. The Morgan fingerprint density at radius 3 is 2.38 bits per heavy atom. The average Bonchev–Trinajstić information content (AvgIpc) is 2.11. The highest BCUT2D eigenvalue weighted by molar-refractivity contribution is 5.68. The number of carbonyl (C=O) groups excluding carboxylic acids is 1. The molecule has 0 bridgehead atoms. The van der Waals surface area contributed by atoms with Gasteiger partial charge in [-0.05, 0) is 34.6 Å². The van der Waals surface area contributed by atoms with Gasteiger partial charge in [0.05, 0.1) is 12.1 Å². The Morgan fingerprint density at radius 2 is 2.00 bits per heavy atom. The van der Waals surface area contributed by atoms with Crippen molar-refractivity contribution in [2.24, 2.45) is 5.73 Å². The van der Waals surface area contributed by atoms with E-state index in [9.17, 15) is 4.79 Å². The Bertz CT molecular complexity index is 214. The highest BCUT2D eigenvalue weighted by atomic mass is 16.6. The van der Waals surface area contributed by atoms with E-state index in [1.54, 1.807) is 0 Å². The van der Waals surface area contributed by atoms with Crippen molar-refractivity contribution in [1.29, 1.82) is 0 Å². The summed E-state index contributed by atoms with van der Waals surface area (Å²) in [5.41, 5.74) is 5.06. The van der Waals surface area contributed by atoms with E-state index in [0.717, 1.165) is 0 Å². The highest BCUT2D eigenvalue weighted by Crippen LogP contribution is 2.07. The van der Waals surface area contributed by atoms with Gasteiger partial charge in [0, 0.05) is 13.2 Å². The summed E-state index contributed by atoms with van der Waals surface area (Å²) < 4.78 is 10.5. The van der Waals surface area contributed by atoms with Crippen molar-refractivity contribution in [2.45, 2.75) is 52.4 Å². The zero-order valence-corrected chi connectivity index (χ0v) is 10.9. The van der Waals surface area contributed by atoms with Crippen LogP contribution in [-0.4, -0.2) is 37.0 Å². The quantitative estimate of drug-likeness (QED) is 0.748. The first kappa shape index (κ1) is 15.2. The average molecular weight is 232 g/mol. The van der Waals surface area contributed by atoms with E-state index < -0.39 is 11.7 Å². The van der Waals surface area contributed by atoms with Crippen LogP contribution in [0.4, 0.5) is 4.79 Å². The van der Waals surface area contributed by atoms with Gasteiger partial charge < -0.3 is 20.5 Å². The summed E-state index contributed by atoms with van der Waals surface area (Å²) in [5, 5.41) is 2.70. The van der Waals surface area contributed by atoms with Gasteiger partial charge in [0.15, 0.2) is 0 Å². The first-order valence-corrected chi connectivity index (χ1v) is 5.61. The Balaban J connectivity index is 4.16. The largest absolute Gasteiger partial charge is 0.444 e. The molecule has 2 unspecified atom stereocenters. The number of nitrogens with two attached hydrogens (primary N) is 1. The molecule has 96 valence electrons. The van der Waals surface area contributed by atoms with Crippen LogP contribution in [0.25, 0.3) is 0 Å². The van der Waals surface area contributed by atoms with E-state index in [2.05, 4.69) is 5.32 Å². The molecule has 5 nitrogen and oxygen atoms in total. The van der Waals surface area contributed by atoms with E-state index in [-0.39, 0.29) is 12.1 Å². The molecule has 0 spiro atoms. The predicted octanol–water partition coefficient (Wildman–Crippen LogP) is 1.26. The molecule has 0 radical (unpaired) electrons. The summed E-state index contributed by atoms with van der Waals surface area (Å²) in [6.45, 7) is 10.1. The molecule has 16 heavy (non-hydrogen) atoms. The van der Waals surface area contributed by atoms with Crippen LogP contribution in [0.1, 0.15) is 34.6 Å². The van der Waals surface area contributed by atoms with Gasteiger partial charge in [0.2, 0.25) is 0 Å². The second kappa shape index (κ2) is 6.70. The van der Waals surface area contributed by atoms with Crippen molar-refractivity contribution in [3.8, 4) is 0 Å². The third-order valence-corrected chi connectivity index (χ3v) is 1.95. The van der Waals surface area contributed by atoms with Gasteiger partial charge in [-0.3, -0.25) is 0 Å². The summed E-state index contributed by atoms with van der Waals surface area (Å²) in [6.07, 6.45) is -0.586. The topological polar surface area (TPSA) is 73.6 Å². The van der Waals surface area contributed by atoms with Crippen molar-refractivity contribution in [1.82, 2.24) is 5.32 Å². The molecule has 0 heterocycles. The molecule has 5 heteroatoms. The molecular formula is C11H24N2O3. The number of hydrogen-bond donors (Lipinski definition) is 2. The van der Waals surface area contributed by atoms with Crippen molar-refractivity contribution < 1.29 is 14.3 Å². The van der Waals surface area contributed by atoms with Gasteiger partial charge in [-0.1, -0.05) is 0 Å². The van der Waals surface area contributed by atoms with E-state index >= 15 is 0 Å². The fourth-order valence-electron chi connectivity index (χ4n) is 1.21. The van der Waals surface area contributed by atoms with E-state index in [4.69, 9.17) is 15.2 Å². The SMILES string of the molecule is CCOC(C)C(CN)NC(=O)OC(C)(C)C. The zero-order valence-electron chi connectivity index (χ0n) is 10.9. The second-order valence-corrected chi connectivity index (χ2v) is 4.65. The van der Waals surface area contributed by atoms with Crippen LogP contribution in [0.2, 0.25) is 0 Å². The summed E-state index contributed by atoms with van der Waals surface area (Å²) >= 11 is 0. The van der Waals surface area contributed by atoms with Crippen molar-refractivity contribution >= 4 is 6.09 Å². The number of amides is 1. The number of carbonyl (C=O) groups is 1. The van der Waals surface area contributed by atoms with Crippen LogP contribution in [0.3, 0.4) is 0 Å². The number of nitrogens with one attached hydrogen (secondary N) is 1. The predicted molar refractivity (Wildman–Crippen MR) is 63.3 cm³/mol. The number of hydrogen-bond acceptors (Lipinski definition) is 4. The first-order chi connectivity index (χ1) is 7.30. The minimum atomic E-state index is -0.502. The molecule has 0 saturated heterocycles. The Morgan fingerprint density at radius 1 is 1.44 bits per heavy atom. The molecule has 3 N–H and O–H groups in total. The molecule has 2 atom stereocenters. The smallest absolute Gasteiger partial charge is 0.408 e. The molecule has 0 aliphatic rings. The van der Waals surface area contributed by atoms with Gasteiger partial charge in [0.1, 0.15) is 5.60 Å². The lowest BCUT2D eigenvalue weighted by Crippen LogP contribution is -2.49. The molecule has 0 fully saturated rings. The molecule has 0 saturated carbocycles. The van der Waals surface area contributed by atoms with E-state index in [1.807, 2.05) is 34.6 Å². The third-order valence-electron chi connectivity index (χ3n) is 1.95. The maximum absolute atomic E-state index is 11.5. The van der Waals surface area contributed by atoms with Crippen LogP contribution in [0.5, 0.6) is 0 Å².